The van der Waals surface area contributed by atoms with Gasteiger partial charge in [-0.25, -0.2) is 9.78 Å². The predicted octanol–water partition coefficient (Wildman–Crippen LogP) is 3.76. The Bertz CT molecular complexity index is 837. The molecule has 3 atom stereocenters. The van der Waals surface area contributed by atoms with Crippen LogP contribution in [0.3, 0.4) is 0 Å². The van der Waals surface area contributed by atoms with Crippen LogP contribution in [0.4, 0.5) is 4.79 Å². The molecule has 0 saturated carbocycles. The quantitative estimate of drug-likeness (QED) is 0.746. The van der Waals surface area contributed by atoms with E-state index in [9.17, 15) is 9.59 Å². The lowest BCUT2D eigenvalue weighted by molar-refractivity contribution is -0.135. The smallest absolute Gasteiger partial charge is 0.407 e. The van der Waals surface area contributed by atoms with Crippen LogP contribution in [0.1, 0.15) is 45.0 Å². The predicted molar refractivity (Wildman–Crippen MR) is 106 cm³/mol. The van der Waals surface area contributed by atoms with Gasteiger partial charge in [0.15, 0.2) is 0 Å². The van der Waals surface area contributed by atoms with Crippen LogP contribution in [-0.4, -0.2) is 46.6 Å². The van der Waals surface area contributed by atoms with Crippen molar-refractivity contribution >= 4 is 39.0 Å². The zero-order valence-corrected chi connectivity index (χ0v) is 17.4. The number of methoxy groups -OCH3 is 1. The van der Waals surface area contributed by atoms with Crippen LogP contribution in [0.25, 0.3) is 11.0 Å². The minimum atomic E-state index is -0.610. The van der Waals surface area contributed by atoms with Gasteiger partial charge in [0, 0.05) is 11.0 Å². The zero-order chi connectivity index (χ0) is 19.6. The van der Waals surface area contributed by atoms with Crippen LogP contribution in [0.2, 0.25) is 0 Å². The summed E-state index contributed by atoms with van der Waals surface area (Å²) in [6.45, 7) is 4.62. The SMILES string of the molecule is CC[C@@H](C)[C@@H](NC(=O)OC)C(=O)N1CCC[C@H]1c1nc2ccc(Br)cc2[nH]1. The average molecular weight is 437 g/mol. The number of alkyl carbamates (subject to hydrolysis) is 1. The summed E-state index contributed by atoms with van der Waals surface area (Å²) in [6, 6.07) is 5.15. The molecule has 146 valence electrons. The number of rotatable bonds is 5. The number of carbonyl (C=O) groups excluding carboxylic acids is 2. The molecule has 1 fully saturated rings. The highest BCUT2D eigenvalue weighted by Crippen LogP contribution is 2.33. The molecule has 1 aromatic carbocycles. The van der Waals surface area contributed by atoms with Crippen LogP contribution < -0.4 is 5.32 Å². The lowest BCUT2D eigenvalue weighted by Crippen LogP contribution is -2.51. The maximum atomic E-state index is 13.3. The molecule has 1 aromatic heterocycles. The van der Waals surface area contributed by atoms with E-state index in [1.165, 1.54) is 7.11 Å². The van der Waals surface area contributed by atoms with Crippen LogP contribution in [-0.2, 0) is 9.53 Å². The van der Waals surface area contributed by atoms with E-state index in [2.05, 4.69) is 31.2 Å². The number of nitrogens with zero attached hydrogens (tertiary/aromatic N) is 2. The van der Waals surface area contributed by atoms with Crippen LogP contribution in [0.5, 0.6) is 0 Å². The minimum absolute atomic E-state index is 0.00415. The molecule has 2 heterocycles. The number of halogens is 1. The number of likely N-dealkylation sites (tertiary alicyclic amines) is 1. The van der Waals surface area contributed by atoms with Crippen molar-refractivity contribution in [2.24, 2.45) is 5.92 Å². The van der Waals surface area contributed by atoms with Gasteiger partial charge in [-0.1, -0.05) is 36.2 Å². The third-order valence-corrected chi connectivity index (χ3v) is 5.74. The van der Waals surface area contributed by atoms with Gasteiger partial charge in [-0.3, -0.25) is 4.79 Å². The Balaban J connectivity index is 1.86. The van der Waals surface area contributed by atoms with Crippen molar-refractivity contribution in [3.63, 3.8) is 0 Å². The number of fused-ring (bicyclic) bond motifs is 1. The van der Waals surface area contributed by atoms with Crippen molar-refractivity contribution in [2.75, 3.05) is 13.7 Å². The van der Waals surface area contributed by atoms with E-state index in [-0.39, 0.29) is 17.9 Å². The lowest BCUT2D eigenvalue weighted by Gasteiger charge is -2.30. The second-order valence-electron chi connectivity index (χ2n) is 6.97. The number of aromatic nitrogens is 2. The number of hydrogen-bond acceptors (Lipinski definition) is 4. The van der Waals surface area contributed by atoms with Crippen LogP contribution in [0, 0.1) is 5.92 Å². The Morgan fingerprint density at radius 1 is 1.48 bits per heavy atom. The summed E-state index contributed by atoms with van der Waals surface area (Å²) >= 11 is 3.47. The molecule has 3 rings (SSSR count). The first-order valence-electron chi connectivity index (χ1n) is 9.24. The number of benzene rings is 1. The molecule has 1 saturated heterocycles. The molecule has 7 nitrogen and oxygen atoms in total. The highest BCUT2D eigenvalue weighted by molar-refractivity contribution is 9.10. The Hall–Kier alpha value is -2.09. The van der Waals surface area contributed by atoms with Crippen LogP contribution >= 0.6 is 15.9 Å². The zero-order valence-electron chi connectivity index (χ0n) is 15.8. The molecule has 1 aliphatic heterocycles. The minimum Gasteiger partial charge on any atom is -0.453 e. The van der Waals surface area contributed by atoms with E-state index in [0.717, 1.165) is 40.6 Å². The Kier molecular flexibility index (Phi) is 6.04. The summed E-state index contributed by atoms with van der Waals surface area (Å²) < 4.78 is 5.68. The molecule has 27 heavy (non-hydrogen) atoms. The molecule has 0 radical (unpaired) electrons. The van der Waals surface area contributed by atoms with E-state index >= 15 is 0 Å². The van der Waals surface area contributed by atoms with Gasteiger partial charge < -0.3 is 19.9 Å². The highest BCUT2D eigenvalue weighted by atomic mass is 79.9. The van der Waals surface area contributed by atoms with Crippen LogP contribution in [0.15, 0.2) is 22.7 Å². The third kappa shape index (κ3) is 4.10. The molecule has 0 aliphatic carbocycles. The monoisotopic (exact) mass is 436 g/mol. The van der Waals surface area contributed by atoms with Crippen molar-refractivity contribution < 1.29 is 14.3 Å². The summed E-state index contributed by atoms with van der Waals surface area (Å²) in [6.07, 6.45) is 1.94. The van der Waals surface area contributed by atoms with Gasteiger partial charge in [0.05, 0.1) is 24.2 Å². The van der Waals surface area contributed by atoms with Gasteiger partial charge >= 0.3 is 6.09 Å². The second kappa shape index (κ2) is 8.29. The van der Waals surface area contributed by atoms with Gasteiger partial charge in [0.2, 0.25) is 5.91 Å². The first kappa shape index (κ1) is 19.7. The Morgan fingerprint density at radius 3 is 2.96 bits per heavy atom. The fraction of sp³-hybridized carbons (Fsp3) is 0.526. The maximum Gasteiger partial charge on any atom is 0.407 e. The standard InChI is InChI=1S/C19H25BrN4O3/c1-4-11(2)16(23-19(26)27-3)18(25)24-9-5-6-15(24)17-21-13-8-7-12(20)10-14(13)22-17/h7-8,10-11,15-16H,4-6,9H2,1-3H3,(H,21,22)(H,23,26)/t11-,15+,16-/m1/s1. The molecule has 2 amide bonds. The molecule has 1 aliphatic rings. The third-order valence-electron chi connectivity index (χ3n) is 5.25. The average Bonchev–Trinajstić information content (AvgIpc) is 3.30. The summed E-state index contributed by atoms with van der Waals surface area (Å²) in [5, 5.41) is 2.71. The number of ether oxygens (including phenoxy) is 1. The summed E-state index contributed by atoms with van der Waals surface area (Å²) in [5.74, 6) is 0.707. The topological polar surface area (TPSA) is 87.3 Å². The number of carbonyl (C=O) groups is 2. The molecular formula is C19H25BrN4O3. The van der Waals surface area contributed by atoms with Crippen molar-refractivity contribution in [1.29, 1.82) is 0 Å². The van der Waals surface area contributed by atoms with Crippen molar-refractivity contribution in [1.82, 2.24) is 20.2 Å². The van der Waals surface area contributed by atoms with E-state index < -0.39 is 12.1 Å². The number of hydrogen-bond donors (Lipinski definition) is 2. The number of aromatic amines is 1. The maximum absolute atomic E-state index is 13.3. The van der Waals surface area contributed by atoms with Crippen molar-refractivity contribution in [2.45, 2.75) is 45.2 Å². The van der Waals surface area contributed by atoms with E-state index in [1.54, 1.807) is 0 Å². The first-order chi connectivity index (χ1) is 12.9. The molecule has 2 aromatic rings. The molecule has 2 N–H and O–H groups in total. The number of nitrogens with one attached hydrogen (secondary N) is 2. The first-order valence-corrected chi connectivity index (χ1v) is 10.0. The number of H-pyrrole nitrogens is 1. The van der Waals surface area contributed by atoms with Crippen molar-refractivity contribution in [3.8, 4) is 0 Å². The molecule has 0 bridgehead atoms. The Morgan fingerprint density at radius 2 is 2.26 bits per heavy atom. The van der Waals surface area contributed by atoms with Gasteiger partial charge in [0.25, 0.3) is 0 Å². The second-order valence-corrected chi connectivity index (χ2v) is 7.89. The fourth-order valence-corrected chi connectivity index (χ4v) is 3.88. The van der Waals surface area contributed by atoms with Gasteiger partial charge in [0.1, 0.15) is 11.9 Å². The summed E-state index contributed by atoms with van der Waals surface area (Å²) in [4.78, 5) is 34.9. The lowest BCUT2D eigenvalue weighted by atomic mass is 9.97. The molecule has 0 spiro atoms. The number of amides is 2. The summed E-state index contributed by atoms with van der Waals surface area (Å²) in [7, 11) is 1.30. The Labute approximate surface area is 167 Å². The molecular weight excluding hydrogens is 412 g/mol. The normalized spacial score (nSPS) is 19.1. The van der Waals surface area contributed by atoms with E-state index in [4.69, 9.17) is 4.74 Å². The van der Waals surface area contributed by atoms with Gasteiger partial charge in [-0.15, -0.1) is 0 Å². The largest absolute Gasteiger partial charge is 0.453 e. The van der Waals surface area contributed by atoms with Gasteiger partial charge in [-0.05, 0) is 37.0 Å². The fourth-order valence-electron chi connectivity index (χ4n) is 3.52. The summed E-state index contributed by atoms with van der Waals surface area (Å²) in [5.41, 5.74) is 1.81. The van der Waals surface area contributed by atoms with E-state index in [1.807, 2.05) is 36.9 Å². The molecule has 0 unspecified atom stereocenters. The van der Waals surface area contributed by atoms with E-state index in [0.29, 0.717) is 6.54 Å². The molecule has 8 heteroatoms. The van der Waals surface area contributed by atoms with Crippen molar-refractivity contribution in [3.05, 3.63) is 28.5 Å². The highest BCUT2D eigenvalue weighted by Gasteiger charge is 2.38. The van der Waals surface area contributed by atoms with Gasteiger partial charge in [-0.2, -0.15) is 0 Å². The number of imidazole rings is 1.